The second-order valence-electron chi connectivity index (χ2n) is 5.76. The predicted octanol–water partition coefficient (Wildman–Crippen LogP) is 0.408. The van der Waals surface area contributed by atoms with Crippen LogP contribution in [0.2, 0.25) is 0 Å². The molecule has 23 heavy (non-hydrogen) atoms. The van der Waals surface area contributed by atoms with E-state index in [0.717, 1.165) is 23.4 Å². The van der Waals surface area contributed by atoms with Crippen LogP contribution in [0.1, 0.15) is 5.56 Å². The number of rotatable bonds is 4. The molecule has 1 aliphatic heterocycles. The van der Waals surface area contributed by atoms with Crippen LogP contribution in [0.3, 0.4) is 0 Å². The summed E-state index contributed by atoms with van der Waals surface area (Å²) in [6.07, 6.45) is 2.02. The van der Waals surface area contributed by atoms with Crippen molar-refractivity contribution in [1.29, 1.82) is 0 Å². The number of nitrogens with two attached hydrogens (primary N) is 1. The molecule has 0 spiro atoms. The Morgan fingerprint density at radius 3 is 2.39 bits per heavy atom. The highest BCUT2D eigenvalue weighted by molar-refractivity contribution is 7.86. The fourth-order valence-corrected chi connectivity index (χ4v) is 3.55. The van der Waals surface area contributed by atoms with Crippen LogP contribution < -0.4 is 5.14 Å². The minimum absolute atomic E-state index is 0.430. The van der Waals surface area contributed by atoms with E-state index in [-0.39, 0.29) is 0 Å². The summed E-state index contributed by atoms with van der Waals surface area (Å²) in [6.45, 7) is 2.94. The molecule has 1 aromatic heterocycles. The summed E-state index contributed by atoms with van der Waals surface area (Å²) in [5.41, 5.74) is 3.20. The Balaban J connectivity index is 1.73. The largest absolute Gasteiger partial charge is 0.296 e. The van der Waals surface area contributed by atoms with Gasteiger partial charge in [-0.05, 0) is 0 Å². The first kappa shape index (κ1) is 16.1. The Kier molecular flexibility index (Phi) is 4.49. The molecule has 2 aromatic rings. The van der Waals surface area contributed by atoms with Crippen LogP contribution in [0.5, 0.6) is 0 Å². The number of aromatic nitrogens is 2. The number of hydrogen-bond acceptors (Lipinski definition) is 4. The Bertz CT molecular complexity index is 764. The summed E-state index contributed by atoms with van der Waals surface area (Å²) in [7, 11) is -1.67. The molecule has 0 amide bonds. The van der Waals surface area contributed by atoms with Gasteiger partial charge in [0, 0.05) is 57.1 Å². The quantitative estimate of drug-likeness (QED) is 0.877. The van der Waals surface area contributed by atoms with Crippen molar-refractivity contribution in [2.24, 2.45) is 12.2 Å². The molecule has 0 saturated carbocycles. The van der Waals surface area contributed by atoms with Crippen molar-refractivity contribution < 1.29 is 8.42 Å². The zero-order valence-corrected chi connectivity index (χ0v) is 13.9. The van der Waals surface area contributed by atoms with Gasteiger partial charge in [0.2, 0.25) is 0 Å². The molecule has 0 bridgehead atoms. The average molecular weight is 335 g/mol. The van der Waals surface area contributed by atoms with Gasteiger partial charge in [0.1, 0.15) is 0 Å². The number of benzene rings is 1. The highest BCUT2D eigenvalue weighted by atomic mass is 32.2. The van der Waals surface area contributed by atoms with Crippen molar-refractivity contribution >= 4 is 10.2 Å². The lowest BCUT2D eigenvalue weighted by Crippen LogP contribution is -2.50. The van der Waals surface area contributed by atoms with E-state index >= 15 is 0 Å². The first-order valence-corrected chi connectivity index (χ1v) is 9.02. The lowest BCUT2D eigenvalue weighted by molar-refractivity contribution is 0.182. The van der Waals surface area contributed by atoms with E-state index in [1.54, 1.807) is 0 Å². The summed E-state index contributed by atoms with van der Waals surface area (Å²) in [5, 5.41) is 9.74. The van der Waals surface area contributed by atoms with E-state index in [9.17, 15) is 8.42 Å². The van der Waals surface area contributed by atoms with E-state index in [1.165, 1.54) is 4.31 Å². The number of hydrogen-bond donors (Lipinski definition) is 1. The second-order valence-corrected chi connectivity index (χ2v) is 7.31. The van der Waals surface area contributed by atoms with Gasteiger partial charge in [0.25, 0.3) is 10.2 Å². The molecule has 2 N–H and O–H groups in total. The summed E-state index contributed by atoms with van der Waals surface area (Å²) in [5.74, 6) is 0. The third kappa shape index (κ3) is 3.78. The van der Waals surface area contributed by atoms with Gasteiger partial charge < -0.3 is 0 Å². The molecular formula is C15H21N5O2S. The van der Waals surface area contributed by atoms with E-state index < -0.39 is 10.2 Å². The molecule has 7 nitrogen and oxygen atoms in total. The van der Waals surface area contributed by atoms with Gasteiger partial charge in [-0.15, -0.1) is 0 Å². The van der Waals surface area contributed by atoms with Gasteiger partial charge in [-0.2, -0.15) is 17.8 Å². The molecule has 124 valence electrons. The molecule has 1 fully saturated rings. The topological polar surface area (TPSA) is 84.5 Å². The van der Waals surface area contributed by atoms with E-state index in [0.29, 0.717) is 26.2 Å². The highest BCUT2D eigenvalue weighted by Gasteiger charge is 2.24. The van der Waals surface area contributed by atoms with Gasteiger partial charge in [-0.25, -0.2) is 5.14 Å². The third-order valence-corrected chi connectivity index (χ3v) is 5.12. The fourth-order valence-electron chi connectivity index (χ4n) is 2.88. The minimum Gasteiger partial charge on any atom is -0.296 e. The Morgan fingerprint density at radius 2 is 1.78 bits per heavy atom. The zero-order valence-electron chi connectivity index (χ0n) is 13.1. The van der Waals surface area contributed by atoms with Crippen molar-refractivity contribution in [2.45, 2.75) is 6.54 Å². The summed E-state index contributed by atoms with van der Waals surface area (Å²) in [6, 6.07) is 10.1. The van der Waals surface area contributed by atoms with Crippen LogP contribution in [-0.4, -0.2) is 53.6 Å². The molecule has 1 aromatic carbocycles. The van der Waals surface area contributed by atoms with Crippen LogP contribution in [0, 0.1) is 0 Å². The molecule has 0 aliphatic carbocycles. The maximum Gasteiger partial charge on any atom is 0.276 e. The highest BCUT2D eigenvalue weighted by Crippen LogP contribution is 2.23. The standard InChI is InChI=1S/C15H21N5O2S/c1-18-11-14(15(17-18)13-5-3-2-4-6-13)12-19-7-9-20(10-8-19)23(16,21)22/h2-6,11H,7-10,12H2,1H3,(H2,16,21,22). The SMILES string of the molecule is Cn1cc(CN2CCN(S(N)(=O)=O)CC2)c(-c2ccccc2)n1. The molecule has 1 aliphatic rings. The van der Waals surface area contributed by atoms with Gasteiger partial charge in [-0.1, -0.05) is 30.3 Å². The van der Waals surface area contributed by atoms with Crippen LogP contribution in [0.4, 0.5) is 0 Å². The smallest absolute Gasteiger partial charge is 0.276 e. The normalized spacial score (nSPS) is 17.5. The molecule has 1 saturated heterocycles. The third-order valence-electron chi connectivity index (χ3n) is 4.04. The van der Waals surface area contributed by atoms with Gasteiger partial charge >= 0.3 is 0 Å². The van der Waals surface area contributed by atoms with Crippen molar-refractivity contribution in [3.05, 3.63) is 42.1 Å². The average Bonchev–Trinajstić information content (AvgIpc) is 2.88. The van der Waals surface area contributed by atoms with Crippen LogP contribution in [0.15, 0.2) is 36.5 Å². The lowest BCUT2D eigenvalue weighted by Gasteiger charge is -2.32. The first-order valence-electron chi connectivity index (χ1n) is 7.51. The molecule has 0 atom stereocenters. The predicted molar refractivity (Wildman–Crippen MR) is 88.6 cm³/mol. The van der Waals surface area contributed by atoms with Crippen molar-refractivity contribution in [1.82, 2.24) is 19.0 Å². The van der Waals surface area contributed by atoms with Crippen LogP contribution in [0.25, 0.3) is 11.3 Å². The van der Waals surface area contributed by atoms with Gasteiger partial charge in [0.05, 0.1) is 5.69 Å². The molecule has 0 unspecified atom stereocenters. The van der Waals surface area contributed by atoms with Crippen molar-refractivity contribution in [3.8, 4) is 11.3 Å². The Morgan fingerprint density at radius 1 is 1.13 bits per heavy atom. The summed E-state index contributed by atoms with van der Waals surface area (Å²) in [4.78, 5) is 2.23. The number of nitrogens with zero attached hydrogens (tertiary/aromatic N) is 4. The molecule has 8 heteroatoms. The molecule has 3 rings (SSSR count). The minimum atomic E-state index is -3.58. The maximum absolute atomic E-state index is 11.4. The second kappa shape index (κ2) is 6.40. The van der Waals surface area contributed by atoms with E-state index in [4.69, 9.17) is 5.14 Å². The summed E-state index contributed by atoms with van der Waals surface area (Å²) >= 11 is 0. The van der Waals surface area contributed by atoms with E-state index in [1.807, 2.05) is 48.3 Å². The molecule has 0 radical (unpaired) electrons. The van der Waals surface area contributed by atoms with Crippen LogP contribution in [-0.2, 0) is 23.8 Å². The zero-order chi connectivity index (χ0) is 16.4. The summed E-state index contributed by atoms with van der Waals surface area (Å²) < 4.78 is 25.9. The maximum atomic E-state index is 11.4. The fraction of sp³-hybridized carbons (Fsp3) is 0.400. The number of piperazine rings is 1. The first-order chi connectivity index (χ1) is 10.9. The Hall–Kier alpha value is -1.74. The molecular weight excluding hydrogens is 314 g/mol. The van der Waals surface area contributed by atoms with E-state index in [2.05, 4.69) is 10.00 Å². The lowest BCUT2D eigenvalue weighted by atomic mass is 10.1. The number of aryl methyl sites for hydroxylation is 1. The Labute approximate surface area is 136 Å². The van der Waals surface area contributed by atoms with Crippen molar-refractivity contribution in [2.75, 3.05) is 26.2 Å². The van der Waals surface area contributed by atoms with Gasteiger partial charge in [0.15, 0.2) is 0 Å². The van der Waals surface area contributed by atoms with Crippen molar-refractivity contribution in [3.63, 3.8) is 0 Å². The molecule has 2 heterocycles. The monoisotopic (exact) mass is 335 g/mol. The van der Waals surface area contributed by atoms with Gasteiger partial charge in [-0.3, -0.25) is 9.58 Å². The van der Waals surface area contributed by atoms with Crippen LogP contribution >= 0.6 is 0 Å².